The Hall–Kier alpha value is -2.84. The van der Waals surface area contributed by atoms with E-state index < -0.39 is 11.9 Å². The molecule has 1 atom stereocenters. The molecule has 0 spiro atoms. The van der Waals surface area contributed by atoms with Crippen LogP contribution in [0.3, 0.4) is 0 Å². The quantitative estimate of drug-likeness (QED) is 0.623. The standard InChI is InChI=1S/C19H17ClN6OS/c1-11-15(17(21)27)16(12-6-8-22-9-7-12)26-18(23-11)24-19(25-26)28-10-13-4-2-3-5-14(13)20/h2-9,16H,10H2,1H3,(H2,21,27)(H,23,24,25)/t16-/m0/s1. The van der Waals surface area contributed by atoms with Gasteiger partial charge in [-0.25, -0.2) is 4.68 Å². The molecule has 0 bridgehead atoms. The van der Waals surface area contributed by atoms with Gasteiger partial charge in [0, 0.05) is 28.9 Å². The number of fused-ring (bicyclic) bond motifs is 1. The van der Waals surface area contributed by atoms with E-state index in [0.717, 1.165) is 11.1 Å². The topological polar surface area (TPSA) is 98.7 Å². The van der Waals surface area contributed by atoms with Crippen LogP contribution in [-0.4, -0.2) is 25.7 Å². The summed E-state index contributed by atoms with van der Waals surface area (Å²) >= 11 is 7.71. The summed E-state index contributed by atoms with van der Waals surface area (Å²) in [5.74, 6) is 0.696. The van der Waals surface area contributed by atoms with Crippen molar-refractivity contribution in [2.45, 2.75) is 23.9 Å². The van der Waals surface area contributed by atoms with E-state index in [9.17, 15) is 4.79 Å². The summed E-state index contributed by atoms with van der Waals surface area (Å²) in [6.07, 6.45) is 3.35. The number of anilines is 1. The highest BCUT2D eigenvalue weighted by Gasteiger charge is 2.33. The van der Waals surface area contributed by atoms with E-state index in [2.05, 4.69) is 20.4 Å². The van der Waals surface area contributed by atoms with Gasteiger partial charge < -0.3 is 11.1 Å². The van der Waals surface area contributed by atoms with E-state index in [1.807, 2.05) is 43.3 Å². The molecule has 142 valence electrons. The third-order valence-corrected chi connectivity index (χ3v) is 5.69. The second-order valence-electron chi connectivity index (χ2n) is 6.25. The highest BCUT2D eigenvalue weighted by molar-refractivity contribution is 7.98. The molecule has 9 heteroatoms. The summed E-state index contributed by atoms with van der Waals surface area (Å²) in [6, 6.07) is 10.9. The van der Waals surface area contributed by atoms with Crippen LogP contribution in [0.1, 0.15) is 24.1 Å². The maximum Gasteiger partial charge on any atom is 0.248 e. The van der Waals surface area contributed by atoms with E-state index in [1.54, 1.807) is 17.1 Å². The van der Waals surface area contributed by atoms with E-state index >= 15 is 0 Å². The average molecular weight is 413 g/mol. The Kier molecular flexibility index (Phi) is 5.06. The maximum atomic E-state index is 12.1. The van der Waals surface area contributed by atoms with Gasteiger partial charge in [-0.15, -0.1) is 5.10 Å². The molecule has 1 amide bonds. The van der Waals surface area contributed by atoms with Gasteiger partial charge in [0.15, 0.2) is 0 Å². The van der Waals surface area contributed by atoms with Gasteiger partial charge in [-0.2, -0.15) is 4.98 Å². The van der Waals surface area contributed by atoms with Gasteiger partial charge in [-0.05, 0) is 36.2 Å². The second kappa shape index (κ2) is 7.65. The van der Waals surface area contributed by atoms with Crippen molar-refractivity contribution in [3.05, 3.63) is 76.2 Å². The largest absolute Gasteiger partial charge is 0.366 e. The highest BCUT2D eigenvalue weighted by Crippen LogP contribution is 2.36. The lowest BCUT2D eigenvalue weighted by Gasteiger charge is -2.27. The number of primary amides is 1. The highest BCUT2D eigenvalue weighted by atomic mass is 35.5. The number of halogens is 1. The monoisotopic (exact) mass is 412 g/mol. The summed E-state index contributed by atoms with van der Waals surface area (Å²) in [5.41, 5.74) is 8.65. The van der Waals surface area contributed by atoms with Crippen molar-refractivity contribution in [3.8, 4) is 0 Å². The minimum absolute atomic E-state index is 0.450. The van der Waals surface area contributed by atoms with E-state index in [-0.39, 0.29) is 0 Å². The zero-order chi connectivity index (χ0) is 19.7. The number of benzene rings is 1. The van der Waals surface area contributed by atoms with Crippen molar-refractivity contribution in [2.24, 2.45) is 5.73 Å². The first-order valence-corrected chi connectivity index (χ1v) is 9.91. The van der Waals surface area contributed by atoms with Crippen LogP contribution >= 0.6 is 23.4 Å². The number of carbonyl (C=O) groups is 1. The van der Waals surface area contributed by atoms with Crippen molar-refractivity contribution in [1.29, 1.82) is 0 Å². The number of hydrogen-bond acceptors (Lipinski definition) is 6. The van der Waals surface area contributed by atoms with Crippen molar-refractivity contribution in [1.82, 2.24) is 19.7 Å². The number of thioether (sulfide) groups is 1. The predicted molar refractivity (Wildman–Crippen MR) is 109 cm³/mol. The normalized spacial score (nSPS) is 15.9. The first kappa shape index (κ1) is 18.5. The first-order valence-electron chi connectivity index (χ1n) is 8.55. The number of carbonyl (C=O) groups excluding carboxylic acids is 1. The van der Waals surface area contributed by atoms with E-state index in [0.29, 0.717) is 33.2 Å². The van der Waals surface area contributed by atoms with Gasteiger partial charge in [0.25, 0.3) is 0 Å². The number of hydrogen-bond donors (Lipinski definition) is 2. The fourth-order valence-electron chi connectivity index (χ4n) is 3.12. The zero-order valence-corrected chi connectivity index (χ0v) is 16.5. The summed E-state index contributed by atoms with van der Waals surface area (Å²) in [7, 11) is 0. The van der Waals surface area contributed by atoms with Crippen LogP contribution < -0.4 is 11.1 Å². The summed E-state index contributed by atoms with van der Waals surface area (Å²) in [5, 5.41) is 9.05. The van der Waals surface area contributed by atoms with Crippen LogP contribution in [0.2, 0.25) is 5.02 Å². The Morgan fingerprint density at radius 2 is 2.04 bits per heavy atom. The van der Waals surface area contributed by atoms with Gasteiger partial charge in [0.2, 0.25) is 17.0 Å². The number of nitrogens with zero attached hydrogens (tertiary/aromatic N) is 4. The summed E-state index contributed by atoms with van der Waals surface area (Å²) in [6.45, 7) is 1.81. The van der Waals surface area contributed by atoms with Gasteiger partial charge in [-0.3, -0.25) is 9.78 Å². The molecule has 0 fully saturated rings. The minimum Gasteiger partial charge on any atom is -0.366 e. The Morgan fingerprint density at radius 1 is 1.29 bits per heavy atom. The predicted octanol–water partition coefficient (Wildman–Crippen LogP) is 3.39. The lowest BCUT2D eigenvalue weighted by Crippen LogP contribution is -2.31. The van der Waals surface area contributed by atoms with E-state index in [1.165, 1.54) is 11.8 Å². The fourth-order valence-corrected chi connectivity index (χ4v) is 4.24. The SMILES string of the molecule is CC1=C(C(N)=O)[C@H](c2ccncc2)n2nc(SCc3ccccc3Cl)nc2N1. The first-order chi connectivity index (χ1) is 13.5. The third-order valence-electron chi connectivity index (χ3n) is 4.44. The molecule has 0 unspecified atom stereocenters. The zero-order valence-electron chi connectivity index (χ0n) is 15.0. The smallest absolute Gasteiger partial charge is 0.248 e. The Morgan fingerprint density at radius 3 is 2.75 bits per heavy atom. The molecular weight excluding hydrogens is 396 g/mol. The molecule has 1 aromatic carbocycles. The minimum atomic E-state index is -0.502. The molecule has 0 radical (unpaired) electrons. The number of nitrogens with one attached hydrogen (secondary N) is 1. The molecule has 1 aliphatic rings. The Bertz CT molecular complexity index is 1070. The molecule has 7 nitrogen and oxygen atoms in total. The van der Waals surface area contributed by atoms with Crippen LogP contribution in [0, 0.1) is 0 Å². The van der Waals surface area contributed by atoms with Crippen LogP contribution in [0.4, 0.5) is 5.95 Å². The van der Waals surface area contributed by atoms with E-state index in [4.69, 9.17) is 17.3 Å². The molecule has 2 aromatic heterocycles. The van der Waals surface area contributed by atoms with Crippen LogP contribution in [-0.2, 0) is 10.5 Å². The van der Waals surface area contributed by atoms with Crippen LogP contribution in [0.5, 0.6) is 0 Å². The van der Waals surface area contributed by atoms with Crippen molar-refractivity contribution in [3.63, 3.8) is 0 Å². The van der Waals surface area contributed by atoms with Crippen LogP contribution in [0.25, 0.3) is 0 Å². The van der Waals surface area contributed by atoms with Gasteiger partial charge in [0.1, 0.15) is 6.04 Å². The third kappa shape index (κ3) is 3.48. The second-order valence-corrected chi connectivity index (χ2v) is 7.60. The van der Waals surface area contributed by atoms with Gasteiger partial charge in [-0.1, -0.05) is 41.6 Å². The molecule has 3 aromatic rings. The summed E-state index contributed by atoms with van der Waals surface area (Å²) < 4.78 is 1.69. The number of amides is 1. The number of aromatic nitrogens is 4. The molecule has 3 heterocycles. The lowest BCUT2D eigenvalue weighted by molar-refractivity contribution is -0.115. The molecule has 0 saturated carbocycles. The Labute approximate surface area is 171 Å². The maximum absolute atomic E-state index is 12.1. The molecular formula is C19H17ClN6OS. The summed E-state index contributed by atoms with van der Waals surface area (Å²) in [4.78, 5) is 20.8. The van der Waals surface area contributed by atoms with Crippen molar-refractivity contribution >= 4 is 35.2 Å². The van der Waals surface area contributed by atoms with Gasteiger partial charge in [0.05, 0.1) is 5.57 Å². The molecule has 1 aliphatic heterocycles. The number of rotatable bonds is 5. The average Bonchev–Trinajstić information content (AvgIpc) is 3.09. The molecule has 3 N–H and O–H groups in total. The van der Waals surface area contributed by atoms with Crippen molar-refractivity contribution < 1.29 is 4.79 Å². The number of pyridine rings is 1. The molecule has 0 saturated heterocycles. The van der Waals surface area contributed by atoms with Crippen molar-refractivity contribution in [2.75, 3.05) is 5.32 Å². The number of allylic oxidation sites excluding steroid dienone is 1. The Balaban J connectivity index is 1.68. The number of nitrogens with two attached hydrogens (primary N) is 1. The molecule has 28 heavy (non-hydrogen) atoms. The van der Waals surface area contributed by atoms with Gasteiger partial charge >= 0.3 is 0 Å². The lowest BCUT2D eigenvalue weighted by atomic mass is 9.96. The van der Waals surface area contributed by atoms with Crippen LogP contribution in [0.15, 0.2) is 65.2 Å². The molecule has 4 rings (SSSR count). The fraction of sp³-hybridized carbons (Fsp3) is 0.158. The molecule has 0 aliphatic carbocycles.